The van der Waals surface area contributed by atoms with E-state index in [1.54, 1.807) is 32.7 Å². The molecule has 1 heterocycles. The summed E-state index contributed by atoms with van der Waals surface area (Å²) in [5, 5.41) is 18.2. The average molecular weight is 444 g/mol. The van der Waals surface area contributed by atoms with Gasteiger partial charge in [-0.1, -0.05) is 18.2 Å². The first-order valence-electron chi connectivity index (χ1n) is 10.1. The first kappa shape index (κ1) is 22.7. The number of nitrogens with one attached hydrogen (secondary N) is 2. The standard InChI is InChI=1S/C23H29N3O4S/c1-5-24-23(25-13-16-10-11-18(28-2)22(30-4)21(16)29-3)26-14-17(27)20-12-15-8-6-7-9-19(15)31-20/h6-12,17,27H,5,13-14H2,1-4H3,(H2,24,25,26). The SMILES string of the molecule is CCNC(=NCc1ccc(OC)c(OC)c1OC)NCC(O)c1cc2ccccc2s1. The minimum absolute atomic E-state index is 0.349. The zero-order valence-electron chi connectivity index (χ0n) is 18.3. The van der Waals surface area contributed by atoms with Crippen LogP contribution in [0.25, 0.3) is 10.1 Å². The molecule has 1 aromatic heterocycles. The summed E-state index contributed by atoms with van der Waals surface area (Å²) in [6.45, 7) is 3.42. The molecule has 2 aromatic carbocycles. The van der Waals surface area contributed by atoms with Gasteiger partial charge in [0.05, 0.1) is 27.9 Å². The van der Waals surface area contributed by atoms with Crippen LogP contribution in [0.1, 0.15) is 23.5 Å². The van der Waals surface area contributed by atoms with Gasteiger partial charge in [0.1, 0.15) is 6.10 Å². The van der Waals surface area contributed by atoms with Gasteiger partial charge in [-0.3, -0.25) is 0 Å². The number of hydrogen-bond acceptors (Lipinski definition) is 6. The highest BCUT2D eigenvalue weighted by atomic mass is 32.1. The number of thiophene rings is 1. The Kier molecular flexibility index (Phi) is 7.97. The molecule has 0 fully saturated rings. The van der Waals surface area contributed by atoms with Crippen molar-refractivity contribution in [1.29, 1.82) is 0 Å². The van der Waals surface area contributed by atoms with Crippen LogP contribution in [-0.2, 0) is 6.54 Å². The molecule has 1 atom stereocenters. The van der Waals surface area contributed by atoms with Crippen molar-refractivity contribution < 1.29 is 19.3 Å². The quantitative estimate of drug-likeness (QED) is 0.345. The van der Waals surface area contributed by atoms with E-state index >= 15 is 0 Å². The second-order valence-electron chi connectivity index (χ2n) is 6.77. The lowest BCUT2D eigenvalue weighted by Crippen LogP contribution is -2.39. The fourth-order valence-corrected chi connectivity index (χ4v) is 4.30. The van der Waals surface area contributed by atoms with Crippen LogP contribution < -0.4 is 24.8 Å². The predicted molar refractivity (Wildman–Crippen MR) is 126 cm³/mol. The second-order valence-corrected chi connectivity index (χ2v) is 7.89. The summed E-state index contributed by atoms with van der Waals surface area (Å²) in [6.07, 6.45) is -0.628. The largest absolute Gasteiger partial charge is 0.493 e. The van der Waals surface area contributed by atoms with Crippen molar-refractivity contribution in [1.82, 2.24) is 10.6 Å². The van der Waals surface area contributed by atoms with Crippen LogP contribution in [0.3, 0.4) is 0 Å². The third-order valence-corrected chi connectivity index (χ3v) is 5.99. The second kappa shape index (κ2) is 10.9. The van der Waals surface area contributed by atoms with Crippen LogP contribution in [0.4, 0.5) is 0 Å². The minimum Gasteiger partial charge on any atom is -0.493 e. The molecule has 0 amide bonds. The van der Waals surface area contributed by atoms with E-state index in [0.717, 1.165) is 20.5 Å². The van der Waals surface area contributed by atoms with E-state index in [0.29, 0.717) is 42.8 Å². The Balaban J connectivity index is 1.71. The highest BCUT2D eigenvalue weighted by molar-refractivity contribution is 7.19. The number of ether oxygens (including phenoxy) is 3. The van der Waals surface area contributed by atoms with Gasteiger partial charge in [-0.25, -0.2) is 4.99 Å². The summed E-state index contributed by atoms with van der Waals surface area (Å²) < 4.78 is 17.5. The maximum Gasteiger partial charge on any atom is 0.203 e. The number of methoxy groups -OCH3 is 3. The van der Waals surface area contributed by atoms with E-state index in [9.17, 15) is 5.11 Å². The Labute approximate surface area is 186 Å². The van der Waals surface area contributed by atoms with Crippen molar-refractivity contribution in [2.24, 2.45) is 4.99 Å². The van der Waals surface area contributed by atoms with Gasteiger partial charge >= 0.3 is 0 Å². The Morgan fingerprint density at radius 1 is 1.03 bits per heavy atom. The van der Waals surface area contributed by atoms with Crippen molar-refractivity contribution in [2.75, 3.05) is 34.4 Å². The first-order chi connectivity index (χ1) is 15.1. The maximum absolute atomic E-state index is 10.6. The molecule has 31 heavy (non-hydrogen) atoms. The number of nitrogens with zero attached hydrogens (tertiary/aromatic N) is 1. The minimum atomic E-state index is -0.628. The van der Waals surface area contributed by atoms with Crippen molar-refractivity contribution in [3.63, 3.8) is 0 Å². The van der Waals surface area contributed by atoms with Gasteiger partial charge in [0.25, 0.3) is 0 Å². The number of aliphatic hydroxyl groups excluding tert-OH is 1. The topological polar surface area (TPSA) is 84.3 Å². The number of fused-ring (bicyclic) bond motifs is 1. The fraction of sp³-hybridized carbons (Fsp3) is 0.348. The van der Waals surface area contributed by atoms with Gasteiger partial charge in [-0.05, 0) is 36.6 Å². The molecule has 0 aliphatic carbocycles. The van der Waals surface area contributed by atoms with Crippen molar-refractivity contribution in [3.05, 3.63) is 52.9 Å². The monoisotopic (exact) mass is 443 g/mol. The summed E-state index contributed by atoms with van der Waals surface area (Å²) in [4.78, 5) is 5.56. The number of guanidine groups is 1. The van der Waals surface area contributed by atoms with Crippen LogP contribution in [0.2, 0.25) is 0 Å². The molecule has 166 valence electrons. The number of aliphatic hydroxyl groups is 1. The molecule has 3 rings (SSSR count). The lowest BCUT2D eigenvalue weighted by atomic mass is 10.1. The zero-order valence-corrected chi connectivity index (χ0v) is 19.1. The van der Waals surface area contributed by atoms with Crippen molar-refractivity contribution in [3.8, 4) is 17.2 Å². The molecule has 0 aliphatic heterocycles. The molecule has 0 spiro atoms. The van der Waals surface area contributed by atoms with E-state index in [2.05, 4.69) is 27.8 Å². The van der Waals surface area contributed by atoms with Crippen molar-refractivity contribution >= 4 is 27.4 Å². The van der Waals surface area contributed by atoms with Gasteiger partial charge in [-0.2, -0.15) is 0 Å². The number of rotatable bonds is 9. The Morgan fingerprint density at radius 3 is 2.48 bits per heavy atom. The Morgan fingerprint density at radius 2 is 1.81 bits per heavy atom. The molecule has 1 unspecified atom stereocenters. The highest BCUT2D eigenvalue weighted by Crippen LogP contribution is 2.40. The van der Waals surface area contributed by atoms with Gasteiger partial charge in [0, 0.05) is 28.2 Å². The molecule has 0 saturated carbocycles. The first-order valence-corrected chi connectivity index (χ1v) is 10.9. The van der Waals surface area contributed by atoms with Crippen LogP contribution in [-0.4, -0.2) is 45.5 Å². The Bertz CT molecular complexity index is 1000. The predicted octanol–water partition coefficient (Wildman–Crippen LogP) is 3.72. The molecule has 3 N–H and O–H groups in total. The normalized spacial score (nSPS) is 12.5. The molecular weight excluding hydrogens is 414 g/mol. The summed E-state index contributed by atoms with van der Waals surface area (Å²) in [6, 6.07) is 13.9. The zero-order chi connectivity index (χ0) is 22.2. The highest BCUT2D eigenvalue weighted by Gasteiger charge is 2.16. The molecule has 0 aliphatic rings. The smallest absolute Gasteiger partial charge is 0.203 e. The average Bonchev–Trinajstić information content (AvgIpc) is 3.24. The summed E-state index contributed by atoms with van der Waals surface area (Å²) in [7, 11) is 4.76. The van der Waals surface area contributed by atoms with Gasteiger partial charge < -0.3 is 30.0 Å². The van der Waals surface area contributed by atoms with E-state index < -0.39 is 6.10 Å². The van der Waals surface area contributed by atoms with Crippen LogP contribution in [0.5, 0.6) is 17.2 Å². The van der Waals surface area contributed by atoms with Crippen LogP contribution in [0, 0.1) is 0 Å². The van der Waals surface area contributed by atoms with E-state index in [4.69, 9.17) is 14.2 Å². The van der Waals surface area contributed by atoms with Gasteiger partial charge in [0.15, 0.2) is 17.5 Å². The summed E-state index contributed by atoms with van der Waals surface area (Å²) >= 11 is 1.60. The third kappa shape index (κ3) is 5.39. The maximum atomic E-state index is 10.6. The number of aliphatic imine (C=N–C) groups is 1. The number of hydrogen-bond donors (Lipinski definition) is 3. The van der Waals surface area contributed by atoms with E-state index in [-0.39, 0.29) is 0 Å². The molecule has 0 bridgehead atoms. The van der Waals surface area contributed by atoms with E-state index in [1.165, 1.54) is 0 Å². The van der Waals surface area contributed by atoms with E-state index in [1.807, 2.05) is 37.3 Å². The van der Waals surface area contributed by atoms with Crippen LogP contribution >= 0.6 is 11.3 Å². The molecular formula is C23H29N3O4S. The lowest BCUT2D eigenvalue weighted by Gasteiger charge is -2.16. The van der Waals surface area contributed by atoms with Crippen LogP contribution in [0.15, 0.2) is 47.5 Å². The van der Waals surface area contributed by atoms with Gasteiger partial charge in [0.2, 0.25) is 5.75 Å². The third-order valence-electron chi connectivity index (χ3n) is 4.77. The Hall–Kier alpha value is -2.97. The fourth-order valence-electron chi connectivity index (χ4n) is 3.25. The van der Waals surface area contributed by atoms with Crippen molar-refractivity contribution in [2.45, 2.75) is 19.6 Å². The summed E-state index contributed by atoms with van der Waals surface area (Å²) in [5.74, 6) is 2.34. The molecule has 0 saturated heterocycles. The summed E-state index contributed by atoms with van der Waals surface area (Å²) in [5.41, 5.74) is 0.863. The lowest BCUT2D eigenvalue weighted by molar-refractivity contribution is 0.184. The molecule has 8 heteroatoms. The number of benzene rings is 2. The van der Waals surface area contributed by atoms with Gasteiger partial charge in [-0.15, -0.1) is 11.3 Å². The molecule has 3 aromatic rings. The molecule has 7 nitrogen and oxygen atoms in total. The molecule has 0 radical (unpaired) electrons.